The Kier molecular flexibility index (Phi) is 7.48. The molecular formula is C11H23NO2. The Bertz CT molecular complexity index is 151. The van der Waals surface area contributed by atoms with Gasteiger partial charge >= 0.3 is 0 Å². The van der Waals surface area contributed by atoms with Gasteiger partial charge in [0.1, 0.15) is 0 Å². The Balaban J connectivity index is 0.000000791. The summed E-state index contributed by atoms with van der Waals surface area (Å²) < 4.78 is 5.17. The van der Waals surface area contributed by atoms with E-state index < -0.39 is 0 Å². The number of nitrogens with one attached hydrogen (secondary N) is 1. The Labute approximate surface area is 87.2 Å². The van der Waals surface area contributed by atoms with Crippen LogP contribution in [0.2, 0.25) is 0 Å². The van der Waals surface area contributed by atoms with E-state index in [2.05, 4.69) is 5.32 Å². The van der Waals surface area contributed by atoms with Crippen LogP contribution < -0.4 is 5.32 Å². The molecule has 14 heavy (non-hydrogen) atoms. The Morgan fingerprint density at radius 1 is 1.29 bits per heavy atom. The van der Waals surface area contributed by atoms with Crippen LogP contribution in [0.1, 0.15) is 40.5 Å². The SMILES string of the molecule is CC.CC(C)NC(=O)C1CCOCC1. The third-order valence-corrected chi connectivity index (χ3v) is 2.02. The molecule has 3 nitrogen and oxygen atoms in total. The van der Waals surface area contributed by atoms with Gasteiger partial charge in [-0.3, -0.25) is 4.79 Å². The molecular weight excluding hydrogens is 178 g/mol. The standard InChI is InChI=1S/C9H17NO2.C2H6/c1-7(2)10-9(11)8-3-5-12-6-4-8;1-2/h7-8H,3-6H2,1-2H3,(H,10,11);1-2H3. The van der Waals surface area contributed by atoms with Crippen molar-refractivity contribution in [2.45, 2.75) is 46.6 Å². The highest BCUT2D eigenvalue weighted by Crippen LogP contribution is 2.14. The van der Waals surface area contributed by atoms with E-state index in [4.69, 9.17) is 4.74 Å². The second-order valence-electron chi connectivity index (χ2n) is 3.55. The van der Waals surface area contributed by atoms with Gasteiger partial charge in [0.2, 0.25) is 5.91 Å². The summed E-state index contributed by atoms with van der Waals surface area (Å²) in [6, 6.07) is 0.250. The molecule has 0 unspecified atom stereocenters. The van der Waals surface area contributed by atoms with Gasteiger partial charge in [-0.1, -0.05) is 13.8 Å². The second-order valence-corrected chi connectivity index (χ2v) is 3.55. The third kappa shape index (κ3) is 5.22. The molecule has 0 aromatic heterocycles. The first-order valence-electron chi connectivity index (χ1n) is 5.58. The summed E-state index contributed by atoms with van der Waals surface area (Å²) >= 11 is 0. The summed E-state index contributed by atoms with van der Waals surface area (Å²) in [6.07, 6.45) is 1.75. The lowest BCUT2D eigenvalue weighted by molar-refractivity contribution is -0.128. The lowest BCUT2D eigenvalue weighted by Crippen LogP contribution is -2.37. The van der Waals surface area contributed by atoms with Gasteiger partial charge in [0, 0.05) is 25.2 Å². The number of carbonyl (C=O) groups excluding carboxylic acids is 1. The van der Waals surface area contributed by atoms with Gasteiger partial charge in [0.05, 0.1) is 0 Å². The quantitative estimate of drug-likeness (QED) is 0.741. The predicted molar refractivity (Wildman–Crippen MR) is 58.2 cm³/mol. The number of hydrogen-bond donors (Lipinski definition) is 1. The molecule has 0 spiro atoms. The highest BCUT2D eigenvalue weighted by molar-refractivity contribution is 5.78. The van der Waals surface area contributed by atoms with Crippen LogP contribution in [0.15, 0.2) is 0 Å². The maximum Gasteiger partial charge on any atom is 0.223 e. The van der Waals surface area contributed by atoms with Crippen LogP contribution in [-0.4, -0.2) is 25.2 Å². The highest BCUT2D eigenvalue weighted by atomic mass is 16.5. The minimum absolute atomic E-state index is 0.182. The van der Waals surface area contributed by atoms with Crippen LogP contribution in [-0.2, 0) is 9.53 Å². The zero-order valence-corrected chi connectivity index (χ0v) is 9.80. The fourth-order valence-electron chi connectivity index (χ4n) is 1.36. The average Bonchev–Trinajstić information content (AvgIpc) is 2.21. The highest BCUT2D eigenvalue weighted by Gasteiger charge is 2.21. The minimum atomic E-state index is 0.182. The smallest absolute Gasteiger partial charge is 0.223 e. The largest absolute Gasteiger partial charge is 0.381 e. The molecule has 1 fully saturated rings. The molecule has 84 valence electrons. The summed E-state index contributed by atoms with van der Waals surface area (Å²) in [7, 11) is 0. The molecule has 1 heterocycles. The average molecular weight is 201 g/mol. The summed E-state index contributed by atoms with van der Waals surface area (Å²) in [5.74, 6) is 0.370. The Morgan fingerprint density at radius 2 is 1.79 bits per heavy atom. The van der Waals surface area contributed by atoms with Gasteiger partial charge in [-0.2, -0.15) is 0 Å². The molecule has 0 radical (unpaired) electrons. The number of amides is 1. The van der Waals surface area contributed by atoms with Gasteiger partial charge in [-0.15, -0.1) is 0 Å². The summed E-state index contributed by atoms with van der Waals surface area (Å²) in [6.45, 7) is 9.43. The zero-order valence-electron chi connectivity index (χ0n) is 9.80. The van der Waals surface area contributed by atoms with Gasteiger partial charge in [0.25, 0.3) is 0 Å². The van der Waals surface area contributed by atoms with Crippen LogP contribution in [0, 0.1) is 5.92 Å². The topological polar surface area (TPSA) is 38.3 Å². The van der Waals surface area contributed by atoms with E-state index in [1.165, 1.54) is 0 Å². The van der Waals surface area contributed by atoms with Crippen molar-refractivity contribution in [3.8, 4) is 0 Å². The molecule has 1 aliphatic rings. The van der Waals surface area contributed by atoms with Crippen LogP contribution >= 0.6 is 0 Å². The maximum absolute atomic E-state index is 11.4. The number of ether oxygens (including phenoxy) is 1. The van der Waals surface area contributed by atoms with Crippen molar-refractivity contribution in [2.75, 3.05) is 13.2 Å². The van der Waals surface area contributed by atoms with Crippen molar-refractivity contribution in [3.63, 3.8) is 0 Å². The molecule has 0 aromatic carbocycles. The molecule has 1 rings (SSSR count). The van der Waals surface area contributed by atoms with E-state index in [9.17, 15) is 4.79 Å². The van der Waals surface area contributed by atoms with Crippen molar-refractivity contribution < 1.29 is 9.53 Å². The van der Waals surface area contributed by atoms with Crippen molar-refractivity contribution in [2.24, 2.45) is 5.92 Å². The summed E-state index contributed by atoms with van der Waals surface area (Å²) in [5.41, 5.74) is 0. The summed E-state index contributed by atoms with van der Waals surface area (Å²) in [4.78, 5) is 11.4. The van der Waals surface area contributed by atoms with Crippen LogP contribution in [0.5, 0.6) is 0 Å². The molecule has 0 saturated carbocycles. The second kappa shape index (κ2) is 7.80. The monoisotopic (exact) mass is 201 g/mol. The molecule has 1 amide bonds. The van der Waals surface area contributed by atoms with Gasteiger partial charge in [0.15, 0.2) is 0 Å². The van der Waals surface area contributed by atoms with Crippen molar-refractivity contribution >= 4 is 5.91 Å². The van der Waals surface area contributed by atoms with E-state index in [-0.39, 0.29) is 17.9 Å². The fraction of sp³-hybridized carbons (Fsp3) is 0.909. The molecule has 0 aliphatic carbocycles. The van der Waals surface area contributed by atoms with E-state index in [1.54, 1.807) is 0 Å². The van der Waals surface area contributed by atoms with Crippen LogP contribution in [0.4, 0.5) is 0 Å². The van der Waals surface area contributed by atoms with Gasteiger partial charge in [-0.05, 0) is 26.7 Å². The molecule has 0 bridgehead atoms. The summed E-state index contributed by atoms with van der Waals surface area (Å²) in [5, 5.41) is 2.92. The van der Waals surface area contributed by atoms with E-state index >= 15 is 0 Å². The lowest BCUT2D eigenvalue weighted by atomic mass is 9.99. The van der Waals surface area contributed by atoms with Crippen molar-refractivity contribution in [1.82, 2.24) is 5.32 Å². The van der Waals surface area contributed by atoms with Crippen molar-refractivity contribution in [1.29, 1.82) is 0 Å². The Hall–Kier alpha value is -0.570. The molecule has 1 N–H and O–H groups in total. The molecule has 0 aromatic rings. The molecule has 0 atom stereocenters. The minimum Gasteiger partial charge on any atom is -0.381 e. The number of carbonyl (C=O) groups is 1. The van der Waals surface area contributed by atoms with Crippen LogP contribution in [0.25, 0.3) is 0 Å². The first-order chi connectivity index (χ1) is 6.70. The molecule has 1 aliphatic heterocycles. The third-order valence-electron chi connectivity index (χ3n) is 2.02. The maximum atomic E-state index is 11.4. The van der Waals surface area contributed by atoms with Crippen molar-refractivity contribution in [3.05, 3.63) is 0 Å². The molecule has 1 saturated heterocycles. The number of hydrogen-bond acceptors (Lipinski definition) is 2. The normalized spacial score (nSPS) is 17.2. The van der Waals surface area contributed by atoms with E-state index in [0.717, 1.165) is 26.1 Å². The Morgan fingerprint density at radius 3 is 2.21 bits per heavy atom. The van der Waals surface area contributed by atoms with E-state index in [0.29, 0.717) is 0 Å². The van der Waals surface area contributed by atoms with E-state index in [1.807, 2.05) is 27.7 Å². The first kappa shape index (κ1) is 13.4. The lowest BCUT2D eigenvalue weighted by Gasteiger charge is -2.22. The first-order valence-corrected chi connectivity index (χ1v) is 5.58. The number of rotatable bonds is 2. The zero-order chi connectivity index (χ0) is 11.0. The fourth-order valence-corrected chi connectivity index (χ4v) is 1.36. The van der Waals surface area contributed by atoms with Gasteiger partial charge in [-0.25, -0.2) is 0 Å². The van der Waals surface area contributed by atoms with Gasteiger partial charge < -0.3 is 10.1 Å². The predicted octanol–water partition coefficient (Wildman–Crippen LogP) is 1.96. The van der Waals surface area contributed by atoms with Crippen LogP contribution in [0.3, 0.4) is 0 Å². The molecule has 3 heteroatoms.